The lowest BCUT2D eigenvalue weighted by molar-refractivity contribution is 0.400. The van der Waals surface area contributed by atoms with E-state index in [9.17, 15) is 0 Å². The lowest BCUT2D eigenvalue weighted by Crippen LogP contribution is -1.99. The topological polar surface area (TPSA) is 51.5 Å². The van der Waals surface area contributed by atoms with Crippen LogP contribution in [0.4, 0.5) is 5.82 Å². The number of methoxy groups -OCH3 is 1. The van der Waals surface area contributed by atoms with Gasteiger partial charge in [0.2, 0.25) is 5.65 Å². The number of hydrogen-bond donors (Lipinski definition) is 1. The molecule has 0 saturated carbocycles. The molecule has 0 unspecified atom stereocenters. The zero-order chi connectivity index (χ0) is 10.1. The van der Waals surface area contributed by atoms with Gasteiger partial charge < -0.3 is 10.1 Å². The van der Waals surface area contributed by atoms with E-state index < -0.39 is 0 Å². The highest BCUT2D eigenvalue weighted by molar-refractivity contribution is 5.54. The Hall–Kier alpha value is -1.78. The molecule has 14 heavy (non-hydrogen) atoms. The first kappa shape index (κ1) is 8.80. The van der Waals surface area contributed by atoms with Crippen LogP contribution in [0.2, 0.25) is 0 Å². The SMILES string of the molecule is CNc1cn2cc(C)nc2c(OC)n1. The van der Waals surface area contributed by atoms with Gasteiger partial charge in [0.05, 0.1) is 19.0 Å². The third-order valence-electron chi connectivity index (χ3n) is 1.98. The highest BCUT2D eigenvalue weighted by Gasteiger charge is 2.07. The van der Waals surface area contributed by atoms with Crippen LogP contribution in [0.5, 0.6) is 5.88 Å². The van der Waals surface area contributed by atoms with Crippen LogP contribution in [0, 0.1) is 6.92 Å². The van der Waals surface area contributed by atoms with E-state index in [1.165, 1.54) is 0 Å². The van der Waals surface area contributed by atoms with Gasteiger partial charge in [-0.2, -0.15) is 4.98 Å². The Morgan fingerprint density at radius 3 is 2.79 bits per heavy atom. The van der Waals surface area contributed by atoms with Gasteiger partial charge in [-0.1, -0.05) is 0 Å². The number of aromatic nitrogens is 3. The molecule has 0 aliphatic carbocycles. The van der Waals surface area contributed by atoms with Crippen molar-refractivity contribution in [1.82, 2.24) is 14.4 Å². The number of nitrogens with one attached hydrogen (secondary N) is 1. The fraction of sp³-hybridized carbons (Fsp3) is 0.333. The first-order chi connectivity index (χ1) is 6.74. The number of fused-ring (bicyclic) bond motifs is 1. The smallest absolute Gasteiger partial charge is 0.260 e. The maximum Gasteiger partial charge on any atom is 0.260 e. The van der Waals surface area contributed by atoms with Gasteiger partial charge in [-0.3, -0.25) is 4.40 Å². The van der Waals surface area contributed by atoms with Crippen LogP contribution in [0.15, 0.2) is 12.4 Å². The molecule has 0 atom stereocenters. The van der Waals surface area contributed by atoms with E-state index in [0.717, 1.165) is 17.2 Å². The first-order valence-electron chi connectivity index (χ1n) is 4.32. The van der Waals surface area contributed by atoms with Crippen molar-refractivity contribution in [1.29, 1.82) is 0 Å². The predicted molar refractivity (Wildman–Crippen MR) is 53.8 cm³/mol. The van der Waals surface area contributed by atoms with Crippen molar-refractivity contribution < 1.29 is 4.74 Å². The van der Waals surface area contributed by atoms with E-state index in [1.807, 2.05) is 30.8 Å². The Kier molecular flexibility index (Phi) is 1.99. The molecule has 5 heteroatoms. The summed E-state index contributed by atoms with van der Waals surface area (Å²) in [6.45, 7) is 1.94. The molecule has 2 aromatic rings. The summed E-state index contributed by atoms with van der Waals surface area (Å²) in [5, 5.41) is 2.96. The van der Waals surface area contributed by atoms with Gasteiger partial charge in [-0.15, -0.1) is 0 Å². The van der Waals surface area contributed by atoms with Crippen LogP contribution in [0.1, 0.15) is 5.69 Å². The summed E-state index contributed by atoms with van der Waals surface area (Å²) >= 11 is 0. The number of anilines is 1. The molecule has 2 aromatic heterocycles. The Morgan fingerprint density at radius 1 is 1.36 bits per heavy atom. The zero-order valence-corrected chi connectivity index (χ0v) is 8.40. The predicted octanol–water partition coefficient (Wildman–Crippen LogP) is 1.09. The Balaban J connectivity index is 2.72. The average Bonchev–Trinajstić information content (AvgIpc) is 2.56. The molecule has 0 bridgehead atoms. The van der Waals surface area contributed by atoms with E-state index in [0.29, 0.717) is 5.88 Å². The summed E-state index contributed by atoms with van der Waals surface area (Å²) in [6, 6.07) is 0. The van der Waals surface area contributed by atoms with Crippen LogP contribution >= 0.6 is 0 Å². The standard InChI is InChI=1S/C9H12N4O/c1-6-4-13-5-7(10-2)12-9(14-3)8(13)11-6/h4-5,10H,1-3H3. The molecule has 2 heterocycles. The van der Waals surface area contributed by atoms with Crippen molar-refractivity contribution >= 4 is 11.5 Å². The fourth-order valence-corrected chi connectivity index (χ4v) is 1.35. The van der Waals surface area contributed by atoms with Gasteiger partial charge >= 0.3 is 0 Å². The van der Waals surface area contributed by atoms with Gasteiger partial charge in [-0.25, -0.2) is 4.98 Å². The molecule has 1 N–H and O–H groups in total. The summed E-state index contributed by atoms with van der Waals surface area (Å²) in [7, 11) is 3.41. The van der Waals surface area contributed by atoms with E-state index in [2.05, 4.69) is 15.3 Å². The molecule has 2 rings (SSSR count). The minimum absolute atomic E-state index is 0.532. The molecule has 0 spiro atoms. The second-order valence-electron chi connectivity index (χ2n) is 3.00. The first-order valence-corrected chi connectivity index (χ1v) is 4.32. The molecular formula is C9H12N4O. The third-order valence-corrected chi connectivity index (χ3v) is 1.98. The molecule has 74 valence electrons. The van der Waals surface area contributed by atoms with E-state index >= 15 is 0 Å². The van der Waals surface area contributed by atoms with Crippen LogP contribution in [0.25, 0.3) is 5.65 Å². The molecule has 0 amide bonds. The summed E-state index contributed by atoms with van der Waals surface area (Å²) in [6.07, 6.45) is 3.80. The lowest BCUT2D eigenvalue weighted by atomic mass is 10.6. The molecule has 0 aromatic carbocycles. The summed E-state index contributed by atoms with van der Waals surface area (Å²) in [5.74, 6) is 1.29. The Morgan fingerprint density at radius 2 is 2.14 bits per heavy atom. The van der Waals surface area contributed by atoms with Crippen LogP contribution in [-0.4, -0.2) is 28.5 Å². The van der Waals surface area contributed by atoms with Gasteiger partial charge in [0.25, 0.3) is 5.88 Å². The number of hydrogen-bond acceptors (Lipinski definition) is 4. The molecule has 0 radical (unpaired) electrons. The minimum Gasteiger partial charge on any atom is -0.478 e. The summed E-state index contributed by atoms with van der Waals surface area (Å²) < 4.78 is 7.04. The van der Waals surface area contributed by atoms with Gasteiger partial charge in [0, 0.05) is 13.2 Å². The van der Waals surface area contributed by atoms with E-state index in [1.54, 1.807) is 7.11 Å². The lowest BCUT2D eigenvalue weighted by Gasteiger charge is -2.04. The normalized spacial score (nSPS) is 10.5. The van der Waals surface area contributed by atoms with Crippen molar-refractivity contribution in [3.05, 3.63) is 18.1 Å². The van der Waals surface area contributed by atoms with E-state index in [4.69, 9.17) is 4.74 Å². The molecular weight excluding hydrogens is 180 g/mol. The number of rotatable bonds is 2. The Bertz CT molecular complexity index is 463. The number of imidazole rings is 1. The third kappa shape index (κ3) is 1.26. The van der Waals surface area contributed by atoms with Crippen LogP contribution in [0.3, 0.4) is 0 Å². The number of nitrogens with zero attached hydrogens (tertiary/aromatic N) is 3. The van der Waals surface area contributed by atoms with Gasteiger partial charge in [0.1, 0.15) is 5.82 Å². The van der Waals surface area contributed by atoms with Crippen LogP contribution in [-0.2, 0) is 0 Å². The number of ether oxygens (including phenoxy) is 1. The van der Waals surface area contributed by atoms with Crippen molar-refractivity contribution in [2.45, 2.75) is 6.92 Å². The molecule has 0 aliphatic heterocycles. The van der Waals surface area contributed by atoms with Crippen molar-refractivity contribution in [2.24, 2.45) is 0 Å². The van der Waals surface area contributed by atoms with Crippen molar-refractivity contribution in [3.8, 4) is 5.88 Å². The van der Waals surface area contributed by atoms with Gasteiger partial charge in [-0.05, 0) is 6.92 Å². The van der Waals surface area contributed by atoms with Gasteiger partial charge in [0.15, 0.2) is 0 Å². The maximum atomic E-state index is 5.15. The molecule has 5 nitrogen and oxygen atoms in total. The summed E-state index contributed by atoms with van der Waals surface area (Å²) in [4.78, 5) is 8.54. The quantitative estimate of drug-likeness (QED) is 0.773. The average molecular weight is 192 g/mol. The maximum absolute atomic E-state index is 5.15. The fourth-order valence-electron chi connectivity index (χ4n) is 1.35. The zero-order valence-electron chi connectivity index (χ0n) is 8.40. The molecule has 0 fully saturated rings. The highest BCUT2D eigenvalue weighted by atomic mass is 16.5. The number of aryl methyl sites for hydroxylation is 1. The molecule has 0 saturated heterocycles. The van der Waals surface area contributed by atoms with Crippen molar-refractivity contribution in [3.63, 3.8) is 0 Å². The monoisotopic (exact) mass is 192 g/mol. The Labute approximate surface area is 81.7 Å². The second-order valence-corrected chi connectivity index (χ2v) is 3.00. The molecule has 0 aliphatic rings. The van der Waals surface area contributed by atoms with Crippen LogP contribution < -0.4 is 10.1 Å². The second kappa shape index (κ2) is 3.17. The largest absolute Gasteiger partial charge is 0.478 e. The highest BCUT2D eigenvalue weighted by Crippen LogP contribution is 2.18. The van der Waals surface area contributed by atoms with E-state index in [-0.39, 0.29) is 0 Å². The summed E-state index contributed by atoms with van der Waals surface area (Å²) in [5.41, 5.74) is 1.68. The van der Waals surface area contributed by atoms with Crippen molar-refractivity contribution in [2.75, 3.05) is 19.5 Å². The minimum atomic E-state index is 0.532.